The van der Waals surface area contributed by atoms with Crippen molar-refractivity contribution in [1.82, 2.24) is 0 Å². The van der Waals surface area contributed by atoms with Crippen molar-refractivity contribution in [2.75, 3.05) is 40.6 Å². The third-order valence-corrected chi connectivity index (χ3v) is 10.1. The molecular weight excluding hydrogens is 897 g/mol. The summed E-state index contributed by atoms with van der Waals surface area (Å²) in [6.07, 6.45) is -1.40. The second-order valence-corrected chi connectivity index (χ2v) is 16.9. The number of ether oxygens (including phenoxy) is 8. The highest BCUT2D eigenvalue weighted by Gasteiger charge is 2.35. The highest BCUT2D eigenvalue weighted by molar-refractivity contribution is 5.36. The lowest BCUT2D eigenvalue weighted by Gasteiger charge is -2.19. The molecule has 22 nitrogen and oxygen atoms in total. The van der Waals surface area contributed by atoms with Crippen LogP contribution in [0.2, 0.25) is 0 Å². The van der Waals surface area contributed by atoms with Crippen LogP contribution in [0, 0.1) is 40.5 Å². The van der Waals surface area contributed by atoms with Crippen LogP contribution in [0.3, 0.4) is 0 Å². The number of aliphatic hydroxyl groups excluding tert-OH is 2. The van der Waals surface area contributed by atoms with E-state index in [-0.39, 0.29) is 41.1 Å². The summed E-state index contributed by atoms with van der Waals surface area (Å²) in [5.41, 5.74) is 3.39. The van der Waals surface area contributed by atoms with E-state index in [1.807, 2.05) is 55.4 Å². The number of hydrogen-bond donors (Lipinski definition) is 2. The Hall–Kier alpha value is -5.92. The molecule has 3 fully saturated rings. The SMILES string of the molecule is CC1(C)OCC(c2ccc([N+](=O)[O-])cc2)O1.CC1(C)OC[C@@H](c2ccc([N+](=O)[O-])cc2)O1.CC1(C)OC[C@H](c2ccc([N+](=O)[O-])cc2)O1.COC(C)(C)OC.O=[N+]([O-])c1ccc(C(O)CO)cc1. The maximum atomic E-state index is 10.5. The Labute approximate surface area is 393 Å². The number of nitrogens with zero attached hydrogens (tertiary/aromatic N) is 4. The maximum absolute atomic E-state index is 10.5. The third-order valence-electron chi connectivity index (χ3n) is 10.1. The molecule has 2 N–H and O–H groups in total. The standard InChI is InChI=1S/3C11H13NO4.C8H9NO4.C5H12O2/c3*1-11(2)15-7-10(16-11)8-3-5-9(6-4-8)12(13)14;10-5-8(11)6-1-3-7(4-2-6)9(12)13;1-5(2,6-3)7-4/h3*3-6,10H,7H2,1-2H3;1-4,8,10-11H,5H2;1-4H3/t2*10-;;;/m10.../s1. The first-order valence-corrected chi connectivity index (χ1v) is 21.0. The van der Waals surface area contributed by atoms with Crippen LogP contribution in [0.5, 0.6) is 0 Å². The molecule has 68 heavy (non-hydrogen) atoms. The fourth-order valence-corrected chi connectivity index (χ4v) is 5.99. The van der Waals surface area contributed by atoms with Crippen molar-refractivity contribution < 1.29 is 67.8 Å². The van der Waals surface area contributed by atoms with Gasteiger partial charge in [0.25, 0.3) is 22.7 Å². The summed E-state index contributed by atoms with van der Waals surface area (Å²) >= 11 is 0. The zero-order valence-electron chi connectivity index (χ0n) is 39.6. The Bertz CT molecular complexity index is 2040. The van der Waals surface area contributed by atoms with Crippen molar-refractivity contribution in [2.24, 2.45) is 0 Å². The van der Waals surface area contributed by atoms with E-state index in [1.165, 1.54) is 60.7 Å². The fraction of sp³-hybridized carbons (Fsp3) is 0.478. The molecule has 3 aliphatic rings. The van der Waals surface area contributed by atoms with Crippen molar-refractivity contribution in [2.45, 2.75) is 103 Å². The van der Waals surface area contributed by atoms with Crippen molar-refractivity contribution in [3.63, 3.8) is 0 Å². The predicted molar refractivity (Wildman–Crippen MR) is 244 cm³/mol. The molecule has 3 aliphatic heterocycles. The van der Waals surface area contributed by atoms with Gasteiger partial charge in [0.1, 0.15) is 24.4 Å². The van der Waals surface area contributed by atoms with Gasteiger partial charge in [-0.1, -0.05) is 0 Å². The molecule has 3 heterocycles. The van der Waals surface area contributed by atoms with Crippen LogP contribution >= 0.6 is 0 Å². The molecule has 372 valence electrons. The summed E-state index contributed by atoms with van der Waals surface area (Å²) in [6.45, 7) is 15.8. The number of rotatable bonds is 11. The van der Waals surface area contributed by atoms with Gasteiger partial charge in [0, 0.05) is 62.8 Å². The second kappa shape index (κ2) is 24.9. The summed E-state index contributed by atoms with van der Waals surface area (Å²) in [7, 11) is 3.23. The summed E-state index contributed by atoms with van der Waals surface area (Å²) in [6, 6.07) is 24.5. The van der Waals surface area contributed by atoms with Gasteiger partial charge in [0.2, 0.25) is 0 Å². The number of benzene rings is 4. The maximum Gasteiger partial charge on any atom is 0.269 e. The van der Waals surface area contributed by atoms with Crippen molar-refractivity contribution in [1.29, 1.82) is 0 Å². The molecule has 7 rings (SSSR count). The van der Waals surface area contributed by atoms with Gasteiger partial charge >= 0.3 is 0 Å². The summed E-state index contributed by atoms with van der Waals surface area (Å²) < 4.78 is 42.9. The molecule has 4 aromatic carbocycles. The number of hydrogen-bond acceptors (Lipinski definition) is 18. The van der Waals surface area contributed by atoms with Gasteiger partial charge in [-0.25, -0.2) is 0 Å². The van der Waals surface area contributed by atoms with Crippen LogP contribution in [-0.4, -0.2) is 93.7 Å². The van der Waals surface area contributed by atoms with Crippen LogP contribution in [0.4, 0.5) is 22.7 Å². The van der Waals surface area contributed by atoms with E-state index in [0.717, 1.165) is 16.7 Å². The molecule has 0 bridgehead atoms. The fourth-order valence-electron chi connectivity index (χ4n) is 5.99. The van der Waals surface area contributed by atoms with E-state index in [1.54, 1.807) is 50.6 Å². The molecule has 4 atom stereocenters. The first kappa shape index (κ1) is 56.4. The summed E-state index contributed by atoms with van der Waals surface area (Å²) in [5.74, 6) is -2.15. The molecule has 22 heteroatoms. The average molecular weight is 957 g/mol. The Morgan fingerprint density at radius 3 is 0.926 bits per heavy atom. The molecule has 0 amide bonds. The van der Waals surface area contributed by atoms with Gasteiger partial charge in [0.15, 0.2) is 23.1 Å². The van der Waals surface area contributed by atoms with Gasteiger partial charge in [-0.15, -0.1) is 0 Å². The molecule has 4 aromatic rings. The quantitative estimate of drug-likeness (QED) is 0.0805. The minimum atomic E-state index is -0.971. The smallest absolute Gasteiger partial charge is 0.269 e. The number of non-ortho nitro benzene ring substituents is 4. The highest BCUT2D eigenvalue weighted by atomic mass is 16.8. The molecule has 0 saturated carbocycles. The van der Waals surface area contributed by atoms with Gasteiger partial charge in [0.05, 0.1) is 46.1 Å². The third kappa shape index (κ3) is 18.3. The Morgan fingerprint density at radius 1 is 0.529 bits per heavy atom. The lowest BCUT2D eigenvalue weighted by Crippen LogP contribution is -2.24. The molecule has 0 spiro atoms. The molecule has 0 aromatic heterocycles. The summed E-state index contributed by atoms with van der Waals surface area (Å²) in [4.78, 5) is 39.9. The van der Waals surface area contributed by atoms with E-state index in [4.69, 9.17) is 48.1 Å². The molecule has 0 radical (unpaired) electrons. The van der Waals surface area contributed by atoms with Gasteiger partial charge < -0.3 is 48.1 Å². The Balaban J connectivity index is 0.000000230. The van der Waals surface area contributed by atoms with E-state index < -0.39 is 55.6 Å². The van der Waals surface area contributed by atoms with Crippen molar-refractivity contribution in [3.05, 3.63) is 160 Å². The number of methoxy groups -OCH3 is 2. The van der Waals surface area contributed by atoms with E-state index in [9.17, 15) is 40.5 Å². The van der Waals surface area contributed by atoms with Crippen LogP contribution in [-0.2, 0) is 37.9 Å². The first-order chi connectivity index (χ1) is 31.7. The second-order valence-electron chi connectivity index (χ2n) is 16.9. The largest absolute Gasteiger partial charge is 0.393 e. The zero-order chi connectivity index (χ0) is 51.0. The van der Waals surface area contributed by atoms with Crippen LogP contribution in [0.15, 0.2) is 97.1 Å². The lowest BCUT2D eigenvalue weighted by molar-refractivity contribution is -0.385. The number of nitro benzene ring substituents is 4. The minimum absolute atomic E-state index is 0.0334. The van der Waals surface area contributed by atoms with Crippen molar-refractivity contribution in [3.8, 4) is 0 Å². The normalized spacial score (nSPS) is 20.0. The molecular formula is C46H60N4O18. The van der Waals surface area contributed by atoms with Gasteiger partial charge in [-0.2, -0.15) is 0 Å². The molecule has 0 aliphatic carbocycles. The Kier molecular flexibility index (Phi) is 20.7. The Morgan fingerprint density at radius 2 is 0.765 bits per heavy atom. The average Bonchev–Trinajstić information content (AvgIpc) is 4.00. The van der Waals surface area contributed by atoms with E-state index in [2.05, 4.69) is 0 Å². The van der Waals surface area contributed by atoms with E-state index >= 15 is 0 Å². The number of nitro groups is 4. The monoisotopic (exact) mass is 956 g/mol. The zero-order valence-corrected chi connectivity index (χ0v) is 39.6. The van der Waals surface area contributed by atoms with Gasteiger partial charge in [-0.3, -0.25) is 40.5 Å². The highest BCUT2D eigenvalue weighted by Crippen LogP contribution is 2.35. The molecule has 3 saturated heterocycles. The van der Waals surface area contributed by atoms with Crippen LogP contribution < -0.4 is 0 Å². The lowest BCUT2D eigenvalue weighted by atomic mass is 10.1. The predicted octanol–water partition coefficient (Wildman–Crippen LogP) is 8.89. The summed E-state index contributed by atoms with van der Waals surface area (Å²) in [5, 5.41) is 59.4. The van der Waals surface area contributed by atoms with E-state index in [0.29, 0.717) is 25.4 Å². The van der Waals surface area contributed by atoms with Crippen molar-refractivity contribution >= 4 is 22.7 Å². The number of aliphatic hydroxyl groups is 2. The van der Waals surface area contributed by atoms with Gasteiger partial charge in [-0.05, 0) is 126 Å². The van der Waals surface area contributed by atoms with Crippen LogP contribution in [0.1, 0.15) is 102 Å². The first-order valence-electron chi connectivity index (χ1n) is 21.0. The molecule has 2 unspecified atom stereocenters. The van der Waals surface area contributed by atoms with Crippen LogP contribution in [0.25, 0.3) is 0 Å². The topological polar surface area (TPSA) is 287 Å². The minimum Gasteiger partial charge on any atom is -0.393 e.